The molecule has 2 fully saturated rings. The Morgan fingerprint density at radius 3 is 2.23 bits per heavy atom. The molecule has 11 nitrogen and oxygen atoms in total. The van der Waals surface area contributed by atoms with Crippen LogP contribution in [0.4, 0.5) is 0 Å². The molecule has 2 aliphatic rings. The fourth-order valence-corrected chi connectivity index (χ4v) is 5.94. The van der Waals surface area contributed by atoms with E-state index in [9.17, 15) is 19.2 Å². The highest BCUT2D eigenvalue weighted by Crippen LogP contribution is 2.41. The van der Waals surface area contributed by atoms with E-state index in [2.05, 4.69) is 24.6 Å². The number of benzene rings is 1. The lowest BCUT2D eigenvalue weighted by Crippen LogP contribution is -2.63. The molecule has 5 N–H and O–H groups in total. The largest absolute Gasteiger partial charge is 0.346 e. The van der Waals surface area contributed by atoms with Crippen LogP contribution in [0.15, 0.2) is 30.3 Å². The third kappa shape index (κ3) is 9.76. The number of hydrogen-bond acceptors (Lipinski definition) is 8. The molecule has 2 unspecified atom stereocenters. The van der Waals surface area contributed by atoms with Crippen LogP contribution in [0.25, 0.3) is 0 Å². The monoisotopic (exact) mass is 575 g/mol. The molecule has 222 valence electrons. The molecule has 2 saturated heterocycles. The second kappa shape index (κ2) is 14.8. The second-order valence-electron chi connectivity index (χ2n) is 11.6. The van der Waals surface area contributed by atoms with Crippen LogP contribution in [0.1, 0.15) is 38.7 Å². The van der Waals surface area contributed by atoms with Crippen molar-refractivity contribution in [1.82, 2.24) is 29.5 Å². The Balaban J connectivity index is 1.39. The van der Waals surface area contributed by atoms with Crippen molar-refractivity contribution in [3.8, 4) is 0 Å². The molecule has 3 rings (SSSR count). The molecule has 1 spiro atoms. The van der Waals surface area contributed by atoms with Crippen LogP contribution in [0, 0.1) is 11.3 Å². The first-order valence-electron chi connectivity index (χ1n) is 14.0. The quantitative estimate of drug-likeness (QED) is 0.248. The second-order valence-corrected chi connectivity index (χ2v) is 13.0. The number of piperidine rings is 1. The van der Waals surface area contributed by atoms with Gasteiger partial charge in [-0.25, -0.2) is 8.61 Å². The maximum absolute atomic E-state index is 12.9. The summed E-state index contributed by atoms with van der Waals surface area (Å²) in [5.74, 6) is -1.32. The first kappa shape index (κ1) is 31.9. The van der Waals surface area contributed by atoms with E-state index in [0.29, 0.717) is 12.8 Å². The fourth-order valence-electron chi connectivity index (χ4n) is 5.13. The van der Waals surface area contributed by atoms with Crippen molar-refractivity contribution in [2.75, 3.05) is 53.4 Å². The highest BCUT2D eigenvalue weighted by molar-refractivity contribution is 7.94. The van der Waals surface area contributed by atoms with Gasteiger partial charge in [-0.15, -0.1) is 0 Å². The summed E-state index contributed by atoms with van der Waals surface area (Å²) in [6.45, 7) is 6.94. The predicted molar refractivity (Wildman–Crippen MR) is 157 cm³/mol. The molecule has 2 aliphatic heterocycles. The van der Waals surface area contributed by atoms with Crippen LogP contribution >= 0.6 is 12.1 Å². The van der Waals surface area contributed by atoms with Crippen molar-refractivity contribution in [2.45, 2.75) is 51.6 Å². The zero-order chi connectivity index (χ0) is 29.3. The normalized spacial score (nSPS) is 18.2. The van der Waals surface area contributed by atoms with Crippen LogP contribution in [-0.4, -0.2) is 103 Å². The molecule has 0 bridgehead atoms. The Hall–Kier alpha value is -2.67. The molecule has 0 aliphatic carbocycles. The van der Waals surface area contributed by atoms with Crippen LogP contribution in [0.2, 0.25) is 0 Å². The van der Waals surface area contributed by atoms with Gasteiger partial charge in [0.25, 0.3) is 0 Å². The van der Waals surface area contributed by atoms with Gasteiger partial charge in [-0.2, -0.15) is 0 Å². The number of nitrogens with two attached hydrogens (primary N) is 1. The summed E-state index contributed by atoms with van der Waals surface area (Å²) >= 11 is 1.73. The maximum atomic E-state index is 12.9. The summed E-state index contributed by atoms with van der Waals surface area (Å²) < 4.78 is 4.44. The molecule has 40 heavy (non-hydrogen) atoms. The van der Waals surface area contributed by atoms with E-state index in [0.717, 1.165) is 44.6 Å². The van der Waals surface area contributed by atoms with Crippen LogP contribution in [0.3, 0.4) is 0 Å². The van der Waals surface area contributed by atoms with Crippen molar-refractivity contribution >= 4 is 35.8 Å². The van der Waals surface area contributed by atoms with Crippen LogP contribution in [-0.2, 0) is 25.6 Å². The number of rotatable bonds is 13. The predicted octanol–water partition coefficient (Wildman–Crippen LogP) is 0.369. The van der Waals surface area contributed by atoms with Crippen LogP contribution < -0.4 is 21.7 Å². The number of likely N-dealkylation sites (tertiary alicyclic amines) is 1. The van der Waals surface area contributed by atoms with Crippen LogP contribution in [0.5, 0.6) is 0 Å². The summed E-state index contributed by atoms with van der Waals surface area (Å²) in [6.07, 6.45) is 2.87. The maximum Gasteiger partial charge on any atom is 0.243 e. The van der Waals surface area contributed by atoms with E-state index in [1.807, 2.05) is 58.3 Å². The molecular weight excluding hydrogens is 530 g/mol. The van der Waals surface area contributed by atoms with Gasteiger partial charge in [0.05, 0.1) is 19.1 Å². The van der Waals surface area contributed by atoms with Crippen molar-refractivity contribution in [2.24, 2.45) is 17.1 Å². The highest BCUT2D eigenvalue weighted by atomic mass is 32.2. The molecule has 1 aromatic carbocycles. The van der Waals surface area contributed by atoms with Gasteiger partial charge in [-0.1, -0.05) is 44.2 Å². The number of nitrogens with one attached hydrogen (secondary N) is 3. The van der Waals surface area contributed by atoms with Gasteiger partial charge in [-0.3, -0.25) is 19.2 Å². The Kier molecular flexibility index (Phi) is 11.8. The van der Waals surface area contributed by atoms with Crippen molar-refractivity contribution in [1.29, 1.82) is 0 Å². The van der Waals surface area contributed by atoms with E-state index in [4.69, 9.17) is 5.73 Å². The van der Waals surface area contributed by atoms with E-state index in [1.54, 1.807) is 17.0 Å². The van der Waals surface area contributed by atoms with E-state index >= 15 is 0 Å². The average molecular weight is 576 g/mol. The first-order chi connectivity index (χ1) is 19.0. The van der Waals surface area contributed by atoms with Gasteiger partial charge in [0, 0.05) is 43.7 Å². The van der Waals surface area contributed by atoms with Gasteiger partial charge in [-0.05, 0) is 51.3 Å². The third-order valence-electron chi connectivity index (χ3n) is 7.30. The topological polar surface area (TPSA) is 140 Å². The Bertz CT molecular complexity index is 1010. The lowest BCUT2D eigenvalue weighted by Gasteiger charge is -2.53. The van der Waals surface area contributed by atoms with Crippen molar-refractivity contribution in [3.05, 3.63) is 35.9 Å². The summed E-state index contributed by atoms with van der Waals surface area (Å²) in [6, 6.07) is 7.80. The summed E-state index contributed by atoms with van der Waals surface area (Å²) in [4.78, 5) is 52.4. The Labute approximate surface area is 242 Å². The van der Waals surface area contributed by atoms with E-state index in [1.165, 1.54) is 0 Å². The lowest BCUT2D eigenvalue weighted by molar-refractivity contribution is -0.146. The lowest BCUT2D eigenvalue weighted by atomic mass is 9.72. The number of hydrogen-bond donors (Lipinski definition) is 4. The van der Waals surface area contributed by atoms with E-state index in [-0.39, 0.29) is 30.3 Å². The molecule has 0 saturated carbocycles. The molecule has 2 atom stereocenters. The number of carbonyl (C=O) groups is 4. The minimum absolute atomic E-state index is 0.104. The summed E-state index contributed by atoms with van der Waals surface area (Å²) in [5, 5.41) is 7.94. The van der Waals surface area contributed by atoms with Gasteiger partial charge in [0.15, 0.2) is 0 Å². The van der Waals surface area contributed by atoms with Gasteiger partial charge >= 0.3 is 0 Å². The zero-order valence-electron chi connectivity index (χ0n) is 24.2. The Morgan fingerprint density at radius 2 is 1.62 bits per heavy atom. The first-order valence-corrected chi connectivity index (χ1v) is 14.7. The molecule has 12 heteroatoms. The minimum atomic E-state index is -0.809. The minimum Gasteiger partial charge on any atom is -0.346 e. The van der Waals surface area contributed by atoms with Gasteiger partial charge < -0.3 is 26.6 Å². The molecule has 4 amide bonds. The summed E-state index contributed by atoms with van der Waals surface area (Å²) in [5.41, 5.74) is 7.09. The smallest absolute Gasteiger partial charge is 0.243 e. The number of nitrogens with zero attached hydrogens (tertiary/aromatic N) is 3. The fraction of sp³-hybridized carbons (Fsp3) is 0.643. The van der Waals surface area contributed by atoms with Crippen molar-refractivity contribution < 1.29 is 19.2 Å². The SMILES string of the molecule is CC(C)CC(NC(=O)CNC(=O)C(N)Cc1ccccc1)C(=O)NCC(=O)N1CC2(CCN(SN(C)C)CC2)C1. The third-order valence-corrected chi connectivity index (χ3v) is 8.22. The van der Waals surface area contributed by atoms with E-state index < -0.39 is 29.8 Å². The molecule has 2 heterocycles. The number of carbonyl (C=O) groups excluding carboxylic acids is 4. The molecule has 1 aromatic rings. The van der Waals surface area contributed by atoms with Gasteiger partial charge in [0.2, 0.25) is 23.6 Å². The standard InChI is InChI=1S/C28H45N7O4S/c1-20(2)14-23(32-24(36)16-30-26(38)22(29)15-21-8-6-5-7-9-21)27(39)31-17-25(37)34-18-28(19-34)10-12-35(13-11-28)40-33(3)4/h5-9,20,22-23H,10-19,29H2,1-4H3,(H,30,38)(H,31,39)(H,32,36). The molecule has 0 radical (unpaired) electrons. The average Bonchev–Trinajstić information content (AvgIpc) is 2.89. The molecular formula is C28H45N7O4S. The molecule has 0 aromatic heterocycles. The number of amides is 4. The highest BCUT2D eigenvalue weighted by Gasteiger charge is 2.46. The van der Waals surface area contributed by atoms with Crippen molar-refractivity contribution in [3.63, 3.8) is 0 Å². The zero-order valence-corrected chi connectivity index (χ0v) is 25.0. The van der Waals surface area contributed by atoms with Gasteiger partial charge in [0.1, 0.15) is 6.04 Å². The Morgan fingerprint density at radius 1 is 1.00 bits per heavy atom. The summed E-state index contributed by atoms with van der Waals surface area (Å²) in [7, 11) is 4.07.